The smallest absolute Gasteiger partial charge is 0.236 e. The van der Waals surface area contributed by atoms with Crippen LogP contribution in [0.4, 0.5) is 4.39 Å². The maximum atomic E-state index is 13.4. The van der Waals surface area contributed by atoms with Gasteiger partial charge in [-0.2, -0.15) is 0 Å². The second-order valence-corrected chi connectivity index (χ2v) is 8.83. The molecule has 150 valence electrons. The second-order valence-electron chi connectivity index (χ2n) is 8.22. The van der Waals surface area contributed by atoms with E-state index in [1.54, 1.807) is 0 Å². The minimum atomic E-state index is -0.241. The molecule has 2 fully saturated rings. The highest BCUT2D eigenvalue weighted by atomic mass is 32.1. The van der Waals surface area contributed by atoms with Crippen molar-refractivity contribution in [1.82, 2.24) is 19.4 Å². The summed E-state index contributed by atoms with van der Waals surface area (Å²) >= 11 is 1.33. The van der Waals surface area contributed by atoms with Gasteiger partial charge in [-0.15, -0.1) is 5.10 Å². The van der Waals surface area contributed by atoms with Crippen LogP contribution in [-0.2, 0) is 4.79 Å². The normalized spacial score (nSPS) is 28.6. The number of nitrogens with zero attached hydrogens (tertiary/aromatic N) is 4. The summed E-state index contributed by atoms with van der Waals surface area (Å²) in [6.45, 7) is 7.25. The summed E-state index contributed by atoms with van der Waals surface area (Å²) in [7, 11) is 0. The third-order valence-electron chi connectivity index (χ3n) is 6.57. The topological polar surface area (TPSA) is 49.3 Å². The average Bonchev–Trinajstić information content (AvgIpc) is 3.35. The van der Waals surface area contributed by atoms with Crippen molar-refractivity contribution in [3.05, 3.63) is 46.7 Å². The summed E-state index contributed by atoms with van der Waals surface area (Å²) < 4.78 is 17.4. The molecular weight excluding hydrogens is 375 g/mol. The van der Waals surface area contributed by atoms with Crippen molar-refractivity contribution in [2.45, 2.75) is 44.6 Å². The molecule has 3 heterocycles. The number of carbonyl (C=O) groups excluding carboxylic acids is 1. The zero-order valence-corrected chi connectivity index (χ0v) is 17.2. The van der Waals surface area contributed by atoms with Crippen LogP contribution in [0.3, 0.4) is 0 Å². The predicted molar refractivity (Wildman–Crippen MR) is 108 cm³/mol. The van der Waals surface area contributed by atoms with Gasteiger partial charge in [0.2, 0.25) is 5.91 Å². The van der Waals surface area contributed by atoms with Crippen LogP contribution in [0.2, 0.25) is 0 Å². The third kappa shape index (κ3) is 3.96. The van der Waals surface area contributed by atoms with Gasteiger partial charge in [0.05, 0.1) is 12.2 Å². The van der Waals surface area contributed by atoms with Crippen LogP contribution in [0, 0.1) is 11.7 Å². The number of carbonyl (C=O) groups is 1. The minimum absolute atomic E-state index is 0.103. The Hall–Kier alpha value is -1.86. The maximum Gasteiger partial charge on any atom is 0.236 e. The molecule has 1 aromatic heterocycles. The molecule has 0 radical (unpaired) electrons. The van der Waals surface area contributed by atoms with Gasteiger partial charge in [-0.05, 0) is 61.5 Å². The molecule has 0 bridgehead atoms. The predicted octanol–water partition coefficient (Wildman–Crippen LogP) is 3.51. The minimum Gasteiger partial charge on any atom is -0.340 e. The number of aromatic nitrogens is 2. The Labute approximate surface area is 169 Å². The van der Waals surface area contributed by atoms with Crippen LogP contribution in [0.15, 0.2) is 29.6 Å². The molecule has 0 N–H and O–H groups in total. The van der Waals surface area contributed by atoms with E-state index in [4.69, 9.17) is 0 Å². The summed E-state index contributed by atoms with van der Waals surface area (Å²) in [6.07, 6.45) is 2.39. The summed E-state index contributed by atoms with van der Waals surface area (Å²) in [5, 5.41) is 6.23. The number of hydrogen-bond acceptors (Lipinski definition) is 5. The molecule has 1 amide bonds. The van der Waals surface area contributed by atoms with Gasteiger partial charge in [0, 0.05) is 36.3 Å². The quantitative estimate of drug-likeness (QED) is 0.785. The van der Waals surface area contributed by atoms with Gasteiger partial charge >= 0.3 is 0 Å². The molecule has 0 unspecified atom stereocenters. The number of benzene rings is 1. The molecule has 2 saturated heterocycles. The summed E-state index contributed by atoms with van der Waals surface area (Å²) in [4.78, 5) is 17.4. The number of amides is 1. The van der Waals surface area contributed by atoms with Crippen molar-refractivity contribution in [1.29, 1.82) is 0 Å². The van der Waals surface area contributed by atoms with E-state index < -0.39 is 0 Å². The van der Waals surface area contributed by atoms with Gasteiger partial charge < -0.3 is 4.90 Å². The first-order chi connectivity index (χ1) is 13.5. The second kappa shape index (κ2) is 8.25. The van der Waals surface area contributed by atoms with E-state index in [1.807, 2.05) is 22.4 Å². The molecule has 2 aromatic rings. The van der Waals surface area contributed by atoms with E-state index in [0.29, 0.717) is 31.6 Å². The van der Waals surface area contributed by atoms with Crippen molar-refractivity contribution >= 4 is 17.4 Å². The molecule has 2 aliphatic rings. The first kappa shape index (κ1) is 19.5. The molecule has 2 aliphatic heterocycles. The van der Waals surface area contributed by atoms with E-state index >= 15 is 0 Å². The largest absolute Gasteiger partial charge is 0.340 e. The van der Waals surface area contributed by atoms with Crippen molar-refractivity contribution < 1.29 is 9.18 Å². The van der Waals surface area contributed by atoms with Crippen LogP contribution in [0.25, 0.3) is 0 Å². The van der Waals surface area contributed by atoms with E-state index in [9.17, 15) is 9.18 Å². The standard InChI is InChI=1S/C21H27FN4OS/c1-14-4-3-9-25(15(14)2)12-21(27)26-10-18(16-5-7-17(22)8-6-16)19(11-26)20-13-28-24-23-20/h5-8,13-15,18-19H,3-4,9-12H2,1-2H3/t14-,15+,18+,19-/m1/s1. The first-order valence-electron chi connectivity index (χ1n) is 10.1. The van der Waals surface area contributed by atoms with Gasteiger partial charge in [-0.3, -0.25) is 9.69 Å². The summed E-state index contributed by atoms with van der Waals surface area (Å²) in [5.74, 6) is 0.784. The fourth-order valence-electron chi connectivity index (χ4n) is 4.61. The van der Waals surface area contributed by atoms with Gasteiger partial charge in [-0.1, -0.05) is 23.5 Å². The molecule has 7 heteroatoms. The van der Waals surface area contributed by atoms with E-state index in [1.165, 1.54) is 30.1 Å². The third-order valence-corrected chi connectivity index (χ3v) is 7.09. The SMILES string of the molecule is C[C@@H]1CCCN(CC(=O)N2C[C@@H](c3ccc(F)cc3)[C@H](c3csnn3)C2)[C@H]1C. The number of halogens is 1. The Bertz CT molecular complexity index is 797. The number of rotatable bonds is 4. The van der Waals surface area contributed by atoms with E-state index in [2.05, 4.69) is 28.3 Å². The van der Waals surface area contributed by atoms with Crippen molar-refractivity contribution in [3.63, 3.8) is 0 Å². The number of hydrogen-bond donors (Lipinski definition) is 0. The fourth-order valence-corrected chi connectivity index (χ4v) is 5.12. The Morgan fingerprint density at radius 1 is 1.21 bits per heavy atom. The van der Waals surface area contributed by atoms with Crippen LogP contribution in [0.1, 0.15) is 49.8 Å². The van der Waals surface area contributed by atoms with Crippen molar-refractivity contribution in [3.8, 4) is 0 Å². The zero-order valence-electron chi connectivity index (χ0n) is 16.4. The molecule has 4 rings (SSSR count). The van der Waals surface area contributed by atoms with E-state index in [0.717, 1.165) is 24.2 Å². The molecular formula is C21H27FN4OS. The van der Waals surface area contributed by atoms with Crippen LogP contribution in [0.5, 0.6) is 0 Å². The van der Waals surface area contributed by atoms with Crippen molar-refractivity contribution in [2.75, 3.05) is 26.2 Å². The van der Waals surface area contributed by atoms with Crippen LogP contribution >= 0.6 is 11.5 Å². The monoisotopic (exact) mass is 402 g/mol. The lowest BCUT2D eigenvalue weighted by molar-refractivity contribution is -0.132. The molecule has 0 saturated carbocycles. The highest BCUT2D eigenvalue weighted by molar-refractivity contribution is 7.03. The zero-order chi connectivity index (χ0) is 19.7. The molecule has 0 aliphatic carbocycles. The van der Waals surface area contributed by atoms with Gasteiger partial charge in [0.15, 0.2) is 0 Å². The molecule has 5 nitrogen and oxygen atoms in total. The van der Waals surface area contributed by atoms with Gasteiger partial charge in [0.25, 0.3) is 0 Å². The van der Waals surface area contributed by atoms with Crippen molar-refractivity contribution in [2.24, 2.45) is 5.92 Å². The summed E-state index contributed by atoms with van der Waals surface area (Å²) in [5.41, 5.74) is 1.98. The highest BCUT2D eigenvalue weighted by Gasteiger charge is 2.39. The Kier molecular flexibility index (Phi) is 5.73. The van der Waals surface area contributed by atoms with E-state index in [-0.39, 0.29) is 23.6 Å². The van der Waals surface area contributed by atoms with Crippen LogP contribution in [-0.4, -0.2) is 57.5 Å². The molecule has 4 atom stereocenters. The Balaban J connectivity index is 1.51. The summed E-state index contributed by atoms with van der Waals surface area (Å²) in [6, 6.07) is 7.08. The van der Waals surface area contributed by atoms with Gasteiger partial charge in [0.1, 0.15) is 5.82 Å². The average molecular weight is 403 g/mol. The maximum absolute atomic E-state index is 13.4. The number of piperidine rings is 1. The first-order valence-corrected chi connectivity index (χ1v) is 10.9. The Morgan fingerprint density at radius 3 is 2.68 bits per heavy atom. The van der Waals surface area contributed by atoms with Gasteiger partial charge in [-0.25, -0.2) is 4.39 Å². The lowest BCUT2D eigenvalue weighted by Crippen LogP contribution is -2.48. The molecule has 0 spiro atoms. The van der Waals surface area contributed by atoms with Crippen LogP contribution < -0.4 is 0 Å². The lowest BCUT2D eigenvalue weighted by atomic mass is 9.87. The highest BCUT2D eigenvalue weighted by Crippen LogP contribution is 2.39. The molecule has 28 heavy (non-hydrogen) atoms. The number of likely N-dealkylation sites (tertiary alicyclic amines) is 2. The Morgan fingerprint density at radius 2 is 1.96 bits per heavy atom. The lowest BCUT2D eigenvalue weighted by Gasteiger charge is -2.38. The molecule has 1 aromatic carbocycles. The fraction of sp³-hybridized carbons (Fsp3) is 0.571.